The van der Waals surface area contributed by atoms with Gasteiger partial charge in [-0.3, -0.25) is 0 Å². The lowest BCUT2D eigenvalue weighted by Crippen LogP contribution is -2.43. The molecule has 3 rings (SSSR count). The van der Waals surface area contributed by atoms with Gasteiger partial charge in [0.1, 0.15) is 6.10 Å². The molecule has 2 aliphatic rings. The predicted octanol–water partition coefficient (Wildman–Crippen LogP) is 0.445. The van der Waals surface area contributed by atoms with E-state index in [9.17, 15) is 5.11 Å². The number of β-amino-alcohol motifs (C(OH)–C–C–N with tert-alkyl or cyclic N) is 1. The Bertz CT molecular complexity index is 400. The molecule has 2 atom stereocenters. The van der Waals surface area contributed by atoms with E-state index in [1.165, 1.54) is 0 Å². The highest BCUT2D eigenvalue weighted by molar-refractivity contribution is 7.99. The third kappa shape index (κ3) is 2.40. The maximum Gasteiger partial charge on any atom is 0.260 e. The second-order valence-corrected chi connectivity index (χ2v) is 5.85. The van der Waals surface area contributed by atoms with Gasteiger partial charge < -0.3 is 19.7 Å². The molecule has 100 valence electrons. The lowest BCUT2D eigenvalue weighted by atomic mass is 9.94. The van der Waals surface area contributed by atoms with Crippen LogP contribution in [0, 0.1) is 0 Å². The maximum atomic E-state index is 10.4. The number of hydrogen-bond donors (Lipinski definition) is 2. The lowest BCUT2D eigenvalue weighted by molar-refractivity contribution is -0.0167. The topological polar surface area (TPSA) is 80.4 Å². The highest BCUT2D eigenvalue weighted by Gasteiger charge is 2.38. The highest BCUT2D eigenvalue weighted by atomic mass is 32.2. The molecule has 2 aliphatic heterocycles. The van der Waals surface area contributed by atoms with Crippen LogP contribution in [0.3, 0.4) is 0 Å². The SMILES string of the molecule is OC1(c2nc(C3CSCCO3)no2)CCCNC1. The van der Waals surface area contributed by atoms with Crippen LogP contribution in [-0.2, 0) is 10.3 Å². The first-order valence-electron chi connectivity index (χ1n) is 6.24. The molecule has 0 bridgehead atoms. The van der Waals surface area contributed by atoms with Crippen molar-refractivity contribution in [2.45, 2.75) is 24.5 Å². The van der Waals surface area contributed by atoms with E-state index in [4.69, 9.17) is 9.26 Å². The summed E-state index contributed by atoms with van der Waals surface area (Å²) in [5.41, 5.74) is -1.02. The quantitative estimate of drug-likeness (QED) is 0.808. The minimum absolute atomic E-state index is 0.110. The molecule has 2 N–H and O–H groups in total. The van der Waals surface area contributed by atoms with Crippen molar-refractivity contribution in [1.82, 2.24) is 15.5 Å². The fourth-order valence-corrected chi connectivity index (χ4v) is 3.10. The molecule has 0 amide bonds. The van der Waals surface area contributed by atoms with Crippen LogP contribution in [0.5, 0.6) is 0 Å². The Morgan fingerprint density at radius 1 is 1.50 bits per heavy atom. The van der Waals surface area contributed by atoms with Gasteiger partial charge in [0.25, 0.3) is 5.89 Å². The third-order valence-corrected chi connectivity index (χ3v) is 4.30. The summed E-state index contributed by atoms with van der Waals surface area (Å²) in [4.78, 5) is 4.32. The molecule has 2 saturated heterocycles. The van der Waals surface area contributed by atoms with Gasteiger partial charge in [-0.05, 0) is 19.4 Å². The number of nitrogens with zero attached hydrogens (tertiary/aromatic N) is 2. The largest absolute Gasteiger partial charge is 0.379 e. The van der Waals surface area contributed by atoms with Crippen molar-refractivity contribution in [1.29, 1.82) is 0 Å². The van der Waals surface area contributed by atoms with Gasteiger partial charge in [-0.25, -0.2) is 0 Å². The Morgan fingerprint density at radius 3 is 3.17 bits per heavy atom. The van der Waals surface area contributed by atoms with E-state index in [1.807, 2.05) is 11.8 Å². The van der Waals surface area contributed by atoms with Crippen molar-refractivity contribution in [3.8, 4) is 0 Å². The summed E-state index contributed by atoms with van der Waals surface area (Å²) < 4.78 is 10.8. The summed E-state index contributed by atoms with van der Waals surface area (Å²) in [6.07, 6.45) is 1.45. The zero-order chi connectivity index (χ0) is 12.4. The average molecular weight is 271 g/mol. The second-order valence-electron chi connectivity index (χ2n) is 4.70. The summed E-state index contributed by atoms with van der Waals surface area (Å²) in [6.45, 7) is 2.10. The molecule has 0 aliphatic carbocycles. The zero-order valence-electron chi connectivity index (χ0n) is 10.1. The van der Waals surface area contributed by atoms with E-state index >= 15 is 0 Å². The van der Waals surface area contributed by atoms with Gasteiger partial charge in [0.15, 0.2) is 5.60 Å². The minimum Gasteiger partial charge on any atom is -0.379 e. The first kappa shape index (κ1) is 12.4. The highest BCUT2D eigenvalue weighted by Crippen LogP contribution is 2.30. The van der Waals surface area contributed by atoms with Gasteiger partial charge in [0.05, 0.1) is 6.61 Å². The van der Waals surface area contributed by atoms with Crippen molar-refractivity contribution < 1.29 is 14.4 Å². The minimum atomic E-state index is -1.02. The van der Waals surface area contributed by atoms with Gasteiger partial charge in [-0.15, -0.1) is 0 Å². The zero-order valence-corrected chi connectivity index (χ0v) is 10.9. The number of piperidine rings is 1. The molecule has 6 nitrogen and oxygen atoms in total. The standard InChI is InChI=1S/C11H17N3O3S/c15-11(2-1-3-12-7-11)10-13-9(14-17-10)8-6-18-5-4-16-8/h8,12,15H,1-7H2. The van der Waals surface area contributed by atoms with E-state index in [-0.39, 0.29) is 6.10 Å². The van der Waals surface area contributed by atoms with Crippen molar-refractivity contribution in [2.75, 3.05) is 31.2 Å². The summed E-state index contributed by atoms with van der Waals surface area (Å²) in [5, 5.41) is 17.5. The Morgan fingerprint density at radius 2 is 2.44 bits per heavy atom. The molecule has 2 fully saturated rings. The number of aliphatic hydroxyl groups is 1. The van der Waals surface area contributed by atoms with Crippen molar-refractivity contribution in [3.63, 3.8) is 0 Å². The number of hydrogen-bond acceptors (Lipinski definition) is 7. The number of aromatic nitrogens is 2. The van der Waals surface area contributed by atoms with Crippen LogP contribution in [0.1, 0.15) is 30.7 Å². The van der Waals surface area contributed by atoms with Crippen LogP contribution >= 0.6 is 11.8 Å². The molecule has 0 saturated carbocycles. The van der Waals surface area contributed by atoms with Crippen LogP contribution in [-0.4, -0.2) is 46.4 Å². The van der Waals surface area contributed by atoms with Gasteiger partial charge in [0, 0.05) is 18.1 Å². The average Bonchev–Trinajstić information content (AvgIpc) is 2.91. The molecular weight excluding hydrogens is 254 g/mol. The predicted molar refractivity (Wildman–Crippen MR) is 66.3 cm³/mol. The van der Waals surface area contributed by atoms with Gasteiger partial charge in [0.2, 0.25) is 5.82 Å². The first-order chi connectivity index (χ1) is 8.78. The molecule has 0 aromatic carbocycles. The van der Waals surface area contributed by atoms with Crippen LogP contribution < -0.4 is 5.32 Å². The summed E-state index contributed by atoms with van der Waals surface area (Å²) in [5.74, 6) is 2.71. The van der Waals surface area contributed by atoms with Crippen LogP contribution in [0.4, 0.5) is 0 Å². The van der Waals surface area contributed by atoms with Crippen LogP contribution in [0.25, 0.3) is 0 Å². The first-order valence-corrected chi connectivity index (χ1v) is 7.40. The molecule has 1 aromatic rings. The molecule has 3 heterocycles. The maximum absolute atomic E-state index is 10.4. The molecule has 18 heavy (non-hydrogen) atoms. The Kier molecular flexibility index (Phi) is 3.56. The third-order valence-electron chi connectivity index (χ3n) is 3.31. The fourth-order valence-electron chi connectivity index (χ4n) is 2.26. The van der Waals surface area contributed by atoms with Gasteiger partial charge in [-0.1, -0.05) is 5.16 Å². The van der Waals surface area contributed by atoms with Crippen molar-refractivity contribution >= 4 is 11.8 Å². The molecule has 0 radical (unpaired) electrons. The van der Waals surface area contributed by atoms with Crippen molar-refractivity contribution in [2.24, 2.45) is 0 Å². The summed E-state index contributed by atoms with van der Waals surface area (Å²) in [6, 6.07) is 0. The second kappa shape index (κ2) is 5.16. The monoisotopic (exact) mass is 271 g/mol. The van der Waals surface area contributed by atoms with E-state index < -0.39 is 5.60 Å². The lowest BCUT2D eigenvalue weighted by Gasteiger charge is -2.28. The van der Waals surface area contributed by atoms with E-state index in [0.717, 1.165) is 24.5 Å². The van der Waals surface area contributed by atoms with Crippen LogP contribution in [0.15, 0.2) is 4.52 Å². The smallest absolute Gasteiger partial charge is 0.260 e. The molecule has 2 unspecified atom stereocenters. The number of nitrogens with one attached hydrogen (secondary N) is 1. The van der Waals surface area contributed by atoms with E-state index in [1.54, 1.807) is 0 Å². The van der Waals surface area contributed by atoms with Crippen molar-refractivity contribution in [3.05, 3.63) is 11.7 Å². The molecule has 1 aromatic heterocycles. The fraction of sp³-hybridized carbons (Fsp3) is 0.818. The molecule has 7 heteroatoms. The Hall–Kier alpha value is -0.630. The number of thioether (sulfide) groups is 1. The molecular formula is C11H17N3O3S. The normalized spacial score (nSPS) is 33.5. The summed E-state index contributed by atoms with van der Waals surface area (Å²) >= 11 is 1.82. The Labute approximate surface area is 109 Å². The van der Waals surface area contributed by atoms with Gasteiger partial charge >= 0.3 is 0 Å². The van der Waals surface area contributed by atoms with E-state index in [2.05, 4.69) is 15.5 Å². The van der Waals surface area contributed by atoms with E-state index in [0.29, 0.717) is 31.3 Å². The number of ether oxygens (including phenoxy) is 1. The number of rotatable bonds is 2. The summed E-state index contributed by atoms with van der Waals surface area (Å²) in [7, 11) is 0. The Balaban J connectivity index is 1.75. The molecule has 0 spiro atoms. The van der Waals surface area contributed by atoms with Gasteiger partial charge in [-0.2, -0.15) is 16.7 Å². The van der Waals surface area contributed by atoms with Crippen LogP contribution in [0.2, 0.25) is 0 Å².